The lowest BCUT2D eigenvalue weighted by atomic mass is 10.1. The fourth-order valence-electron chi connectivity index (χ4n) is 3.15. The highest BCUT2D eigenvalue weighted by atomic mass is 16.5. The van der Waals surface area contributed by atoms with Crippen LogP contribution >= 0.6 is 0 Å². The average Bonchev–Trinajstić information content (AvgIpc) is 3.09. The maximum atomic E-state index is 12.9. The SMILES string of the molecule is CC(C(=O)N(CCO)CCN1CCOCC1)c1cc2ccccc2o1. The van der Waals surface area contributed by atoms with Crippen LogP contribution in [0.4, 0.5) is 0 Å². The second kappa shape index (κ2) is 8.47. The van der Waals surface area contributed by atoms with Gasteiger partial charge in [0.15, 0.2) is 0 Å². The maximum absolute atomic E-state index is 12.9. The normalized spacial score (nSPS) is 16.9. The maximum Gasteiger partial charge on any atom is 0.233 e. The Morgan fingerprint density at radius 1 is 1.28 bits per heavy atom. The Labute approximate surface area is 148 Å². The van der Waals surface area contributed by atoms with Crippen LogP contribution in [-0.4, -0.2) is 73.4 Å². The summed E-state index contributed by atoms with van der Waals surface area (Å²) < 4.78 is 11.2. The molecule has 2 aromatic rings. The number of carbonyl (C=O) groups is 1. The van der Waals surface area contributed by atoms with Gasteiger partial charge in [0, 0.05) is 38.1 Å². The summed E-state index contributed by atoms with van der Waals surface area (Å²) in [5, 5.41) is 10.3. The van der Waals surface area contributed by atoms with Gasteiger partial charge in [-0.25, -0.2) is 0 Å². The van der Waals surface area contributed by atoms with E-state index in [4.69, 9.17) is 9.15 Å². The first-order valence-electron chi connectivity index (χ1n) is 8.87. The van der Waals surface area contributed by atoms with E-state index in [0.29, 0.717) is 18.8 Å². The number of fused-ring (bicyclic) bond motifs is 1. The van der Waals surface area contributed by atoms with Crippen molar-refractivity contribution in [1.29, 1.82) is 0 Å². The van der Waals surface area contributed by atoms with Crippen molar-refractivity contribution >= 4 is 16.9 Å². The largest absolute Gasteiger partial charge is 0.460 e. The van der Waals surface area contributed by atoms with Crippen molar-refractivity contribution in [2.24, 2.45) is 0 Å². The number of furan rings is 1. The van der Waals surface area contributed by atoms with Crippen molar-refractivity contribution in [3.8, 4) is 0 Å². The molecule has 0 aliphatic carbocycles. The van der Waals surface area contributed by atoms with Crippen LogP contribution in [0.1, 0.15) is 18.6 Å². The molecule has 1 saturated heterocycles. The molecule has 1 fully saturated rings. The summed E-state index contributed by atoms with van der Waals surface area (Å²) in [7, 11) is 0. The number of aliphatic hydroxyl groups excluding tert-OH is 1. The first-order chi connectivity index (χ1) is 12.2. The van der Waals surface area contributed by atoms with Crippen molar-refractivity contribution in [2.45, 2.75) is 12.8 Å². The van der Waals surface area contributed by atoms with Crippen molar-refractivity contribution in [3.05, 3.63) is 36.1 Å². The molecule has 1 aromatic carbocycles. The molecule has 2 heterocycles. The predicted molar refractivity (Wildman–Crippen MR) is 95.6 cm³/mol. The molecular formula is C19H26N2O4. The summed E-state index contributed by atoms with van der Waals surface area (Å²) in [6, 6.07) is 9.68. The third-order valence-electron chi connectivity index (χ3n) is 4.71. The minimum Gasteiger partial charge on any atom is -0.460 e. The summed E-state index contributed by atoms with van der Waals surface area (Å²) in [5.41, 5.74) is 0.791. The zero-order valence-electron chi connectivity index (χ0n) is 14.7. The number of morpholine rings is 1. The number of nitrogens with zero attached hydrogens (tertiary/aromatic N) is 2. The summed E-state index contributed by atoms with van der Waals surface area (Å²) in [5.74, 6) is 0.283. The molecule has 0 spiro atoms. The molecule has 6 heteroatoms. The third-order valence-corrected chi connectivity index (χ3v) is 4.71. The summed E-state index contributed by atoms with van der Waals surface area (Å²) >= 11 is 0. The molecule has 25 heavy (non-hydrogen) atoms. The fourth-order valence-corrected chi connectivity index (χ4v) is 3.15. The average molecular weight is 346 g/mol. The Morgan fingerprint density at radius 2 is 2.04 bits per heavy atom. The summed E-state index contributed by atoms with van der Waals surface area (Å²) in [4.78, 5) is 16.9. The van der Waals surface area contributed by atoms with E-state index in [1.54, 1.807) is 4.90 Å². The Hall–Kier alpha value is -1.89. The van der Waals surface area contributed by atoms with Gasteiger partial charge in [-0.15, -0.1) is 0 Å². The van der Waals surface area contributed by atoms with Crippen molar-refractivity contribution < 1.29 is 19.1 Å². The molecule has 1 aliphatic heterocycles. The summed E-state index contributed by atoms with van der Waals surface area (Å²) in [6.07, 6.45) is 0. The fraction of sp³-hybridized carbons (Fsp3) is 0.526. The van der Waals surface area contributed by atoms with Crippen LogP contribution in [0, 0.1) is 0 Å². The van der Waals surface area contributed by atoms with Crippen molar-refractivity contribution in [3.63, 3.8) is 0 Å². The molecule has 1 aromatic heterocycles. The van der Waals surface area contributed by atoms with Crippen LogP contribution in [0.25, 0.3) is 11.0 Å². The molecule has 0 radical (unpaired) electrons. The van der Waals surface area contributed by atoms with Gasteiger partial charge >= 0.3 is 0 Å². The van der Waals surface area contributed by atoms with Gasteiger partial charge in [-0.05, 0) is 19.1 Å². The Morgan fingerprint density at radius 3 is 2.76 bits per heavy atom. The molecule has 0 saturated carbocycles. The lowest BCUT2D eigenvalue weighted by molar-refractivity contribution is -0.133. The highest BCUT2D eigenvalue weighted by molar-refractivity contribution is 5.85. The van der Waals surface area contributed by atoms with Gasteiger partial charge in [-0.1, -0.05) is 18.2 Å². The molecule has 1 aliphatic rings. The van der Waals surface area contributed by atoms with Gasteiger partial charge in [0.25, 0.3) is 0 Å². The third kappa shape index (κ3) is 4.39. The van der Waals surface area contributed by atoms with Gasteiger partial charge in [0.2, 0.25) is 5.91 Å². The molecular weight excluding hydrogens is 320 g/mol. The molecule has 1 atom stereocenters. The monoisotopic (exact) mass is 346 g/mol. The number of benzene rings is 1. The van der Waals surface area contributed by atoms with Crippen LogP contribution in [0.15, 0.2) is 34.7 Å². The number of ether oxygens (including phenoxy) is 1. The number of aliphatic hydroxyl groups is 1. The Balaban J connectivity index is 1.65. The van der Waals surface area contributed by atoms with Gasteiger partial charge in [-0.2, -0.15) is 0 Å². The van der Waals surface area contributed by atoms with Crippen molar-refractivity contribution in [1.82, 2.24) is 9.80 Å². The molecule has 1 N–H and O–H groups in total. The first-order valence-corrected chi connectivity index (χ1v) is 8.87. The van der Waals surface area contributed by atoms with E-state index in [9.17, 15) is 9.90 Å². The highest BCUT2D eigenvalue weighted by Crippen LogP contribution is 2.26. The molecule has 6 nitrogen and oxygen atoms in total. The number of para-hydroxylation sites is 1. The standard InChI is InChI=1S/C19H26N2O4/c1-15(18-14-16-4-2-3-5-17(16)25-18)19(23)21(8-11-22)7-6-20-9-12-24-13-10-20/h2-5,14-15,22H,6-13H2,1H3. The van der Waals surface area contributed by atoms with E-state index in [2.05, 4.69) is 4.90 Å². The molecule has 1 amide bonds. The number of amides is 1. The van der Waals surface area contributed by atoms with Crippen molar-refractivity contribution in [2.75, 3.05) is 52.5 Å². The van der Waals surface area contributed by atoms with E-state index in [0.717, 1.165) is 43.8 Å². The van der Waals surface area contributed by atoms with Crippen LogP contribution in [0.2, 0.25) is 0 Å². The van der Waals surface area contributed by atoms with Crippen LogP contribution in [0.3, 0.4) is 0 Å². The van der Waals surface area contributed by atoms with E-state index in [-0.39, 0.29) is 18.4 Å². The highest BCUT2D eigenvalue weighted by Gasteiger charge is 2.25. The lowest BCUT2D eigenvalue weighted by Crippen LogP contribution is -2.44. The molecule has 136 valence electrons. The van der Waals surface area contributed by atoms with E-state index >= 15 is 0 Å². The lowest BCUT2D eigenvalue weighted by Gasteiger charge is -2.30. The molecule has 0 bridgehead atoms. The van der Waals surface area contributed by atoms with Gasteiger partial charge < -0.3 is 19.2 Å². The quantitative estimate of drug-likeness (QED) is 0.826. The second-order valence-electron chi connectivity index (χ2n) is 6.41. The zero-order valence-corrected chi connectivity index (χ0v) is 14.7. The number of hydrogen-bond acceptors (Lipinski definition) is 5. The van der Waals surface area contributed by atoms with Crippen LogP contribution < -0.4 is 0 Å². The Bertz CT molecular complexity index is 661. The number of carbonyl (C=O) groups excluding carboxylic acids is 1. The van der Waals surface area contributed by atoms with E-state index in [1.165, 1.54) is 0 Å². The van der Waals surface area contributed by atoms with E-state index < -0.39 is 0 Å². The smallest absolute Gasteiger partial charge is 0.233 e. The number of rotatable bonds is 7. The minimum absolute atomic E-state index is 0.0126. The van der Waals surface area contributed by atoms with Gasteiger partial charge in [-0.3, -0.25) is 9.69 Å². The van der Waals surface area contributed by atoms with Gasteiger partial charge in [0.05, 0.1) is 25.7 Å². The Kier molecular flexibility index (Phi) is 6.07. The first kappa shape index (κ1) is 17.9. The van der Waals surface area contributed by atoms with Crippen LogP contribution in [-0.2, 0) is 9.53 Å². The topological polar surface area (TPSA) is 66.2 Å². The van der Waals surface area contributed by atoms with Gasteiger partial charge in [0.1, 0.15) is 11.3 Å². The predicted octanol–water partition coefficient (Wildman–Crippen LogP) is 1.69. The molecule has 1 unspecified atom stereocenters. The van der Waals surface area contributed by atoms with E-state index in [1.807, 2.05) is 37.3 Å². The number of hydrogen-bond donors (Lipinski definition) is 1. The summed E-state index contributed by atoms with van der Waals surface area (Å²) in [6.45, 7) is 6.81. The minimum atomic E-state index is -0.372. The zero-order chi connectivity index (χ0) is 17.6. The van der Waals surface area contributed by atoms with Crippen LogP contribution in [0.5, 0.6) is 0 Å². The second-order valence-corrected chi connectivity index (χ2v) is 6.41. The molecule has 3 rings (SSSR count).